The van der Waals surface area contributed by atoms with Gasteiger partial charge in [0.1, 0.15) is 0 Å². The standard InChI is InChI=1S/C11H18N2O3S3/c14-9-10-11(1-6-18-10)19(15,16)12-2-3-13-4-7-17-8-5-13/h1,6,12,14H,2-5,7-9H2. The average Bonchev–Trinajstić information content (AvgIpc) is 2.89. The van der Waals surface area contributed by atoms with Crippen LogP contribution in [0.25, 0.3) is 0 Å². The lowest BCUT2D eigenvalue weighted by atomic mass is 10.5. The molecule has 1 aromatic rings. The first kappa shape index (κ1) is 15.3. The van der Waals surface area contributed by atoms with Crippen molar-refractivity contribution < 1.29 is 13.5 Å². The van der Waals surface area contributed by atoms with Gasteiger partial charge in [-0.3, -0.25) is 0 Å². The Kier molecular flexibility index (Phi) is 5.67. The number of thiophene rings is 1. The predicted molar refractivity (Wildman–Crippen MR) is 79.2 cm³/mol. The molecule has 0 atom stereocenters. The highest BCUT2D eigenvalue weighted by Crippen LogP contribution is 2.21. The van der Waals surface area contributed by atoms with E-state index in [4.69, 9.17) is 5.11 Å². The molecule has 1 aromatic heterocycles. The third-order valence-electron chi connectivity index (χ3n) is 2.96. The summed E-state index contributed by atoms with van der Waals surface area (Å²) in [6.07, 6.45) is 0. The maximum absolute atomic E-state index is 12.1. The average molecular weight is 322 g/mol. The molecule has 1 saturated heterocycles. The number of aliphatic hydroxyl groups excluding tert-OH is 1. The maximum atomic E-state index is 12.1. The molecule has 0 unspecified atom stereocenters. The normalized spacial score (nSPS) is 17.7. The summed E-state index contributed by atoms with van der Waals surface area (Å²) in [6, 6.07) is 1.54. The van der Waals surface area contributed by atoms with Crippen LogP contribution in [0, 0.1) is 0 Å². The minimum absolute atomic E-state index is 0.203. The lowest BCUT2D eigenvalue weighted by Crippen LogP contribution is -2.39. The molecule has 2 N–H and O–H groups in total. The molecule has 2 heterocycles. The Hall–Kier alpha value is -0.120. The zero-order valence-corrected chi connectivity index (χ0v) is 13.0. The monoisotopic (exact) mass is 322 g/mol. The molecule has 0 amide bonds. The van der Waals surface area contributed by atoms with Crippen LogP contribution in [0.15, 0.2) is 16.3 Å². The van der Waals surface area contributed by atoms with E-state index in [1.807, 2.05) is 11.8 Å². The van der Waals surface area contributed by atoms with Crippen LogP contribution in [0.5, 0.6) is 0 Å². The van der Waals surface area contributed by atoms with Gasteiger partial charge in [0, 0.05) is 42.6 Å². The van der Waals surface area contributed by atoms with Gasteiger partial charge in [-0.15, -0.1) is 11.3 Å². The molecular formula is C11H18N2O3S3. The van der Waals surface area contributed by atoms with E-state index >= 15 is 0 Å². The van der Waals surface area contributed by atoms with Crippen LogP contribution >= 0.6 is 23.1 Å². The highest BCUT2D eigenvalue weighted by molar-refractivity contribution is 7.99. The zero-order chi connectivity index (χ0) is 13.7. The molecule has 0 radical (unpaired) electrons. The van der Waals surface area contributed by atoms with Gasteiger partial charge in [0.05, 0.1) is 11.5 Å². The van der Waals surface area contributed by atoms with Gasteiger partial charge in [0.2, 0.25) is 10.0 Å². The number of hydrogen-bond donors (Lipinski definition) is 2. The molecule has 1 aliphatic rings. The largest absolute Gasteiger partial charge is 0.391 e. The van der Waals surface area contributed by atoms with Crippen molar-refractivity contribution in [2.24, 2.45) is 0 Å². The minimum Gasteiger partial charge on any atom is -0.391 e. The Morgan fingerprint density at radius 1 is 1.37 bits per heavy atom. The topological polar surface area (TPSA) is 69.6 Å². The molecule has 8 heteroatoms. The summed E-state index contributed by atoms with van der Waals surface area (Å²) in [5, 5.41) is 10.8. The Morgan fingerprint density at radius 3 is 2.79 bits per heavy atom. The fourth-order valence-electron chi connectivity index (χ4n) is 1.92. The van der Waals surface area contributed by atoms with Crippen molar-refractivity contribution in [1.29, 1.82) is 0 Å². The van der Waals surface area contributed by atoms with Crippen molar-refractivity contribution in [2.75, 3.05) is 37.7 Å². The van der Waals surface area contributed by atoms with E-state index < -0.39 is 10.0 Å². The summed E-state index contributed by atoms with van der Waals surface area (Å²) in [5.74, 6) is 2.23. The van der Waals surface area contributed by atoms with Gasteiger partial charge in [-0.2, -0.15) is 11.8 Å². The van der Waals surface area contributed by atoms with Crippen LogP contribution in [-0.4, -0.2) is 56.1 Å². The van der Waals surface area contributed by atoms with Gasteiger partial charge in [-0.05, 0) is 11.4 Å². The van der Waals surface area contributed by atoms with E-state index in [-0.39, 0.29) is 11.5 Å². The molecule has 19 heavy (non-hydrogen) atoms. The second-order valence-corrected chi connectivity index (χ2v) is 8.18. The molecule has 2 rings (SSSR count). The van der Waals surface area contributed by atoms with Crippen molar-refractivity contribution in [1.82, 2.24) is 9.62 Å². The molecule has 108 valence electrons. The van der Waals surface area contributed by atoms with E-state index in [0.717, 1.165) is 31.1 Å². The predicted octanol–water partition coefficient (Wildman–Crippen LogP) is 0.567. The number of nitrogens with zero attached hydrogens (tertiary/aromatic N) is 1. The Bertz CT molecular complexity index is 495. The third kappa shape index (κ3) is 4.17. The van der Waals surface area contributed by atoms with Gasteiger partial charge in [-0.1, -0.05) is 0 Å². The van der Waals surface area contributed by atoms with Crippen LogP contribution in [0.4, 0.5) is 0 Å². The number of sulfonamides is 1. The summed E-state index contributed by atoms with van der Waals surface area (Å²) in [6.45, 7) is 2.95. The first-order chi connectivity index (χ1) is 9.13. The van der Waals surface area contributed by atoms with Crippen molar-refractivity contribution >= 4 is 33.1 Å². The zero-order valence-electron chi connectivity index (χ0n) is 10.5. The number of rotatable bonds is 6. The number of hydrogen-bond acceptors (Lipinski definition) is 6. The smallest absolute Gasteiger partial charge is 0.241 e. The minimum atomic E-state index is -3.49. The van der Waals surface area contributed by atoms with Crippen LogP contribution in [0.1, 0.15) is 4.88 Å². The molecular weight excluding hydrogens is 304 g/mol. The first-order valence-corrected chi connectivity index (χ1v) is 9.62. The number of nitrogens with one attached hydrogen (secondary N) is 1. The highest BCUT2D eigenvalue weighted by atomic mass is 32.2. The molecule has 0 spiro atoms. The molecule has 5 nitrogen and oxygen atoms in total. The van der Waals surface area contributed by atoms with Gasteiger partial charge in [0.15, 0.2) is 0 Å². The Balaban J connectivity index is 1.87. The van der Waals surface area contributed by atoms with E-state index in [9.17, 15) is 8.42 Å². The van der Waals surface area contributed by atoms with Crippen LogP contribution < -0.4 is 4.72 Å². The van der Waals surface area contributed by atoms with E-state index in [0.29, 0.717) is 11.4 Å². The molecule has 0 saturated carbocycles. The lowest BCUT2D eigenvalue weighted by Gasteiger charge is -2.25. The second-order valence-electron chi connectivity index (χ2n) is 4.22. The first-order valence-electron chi connectivity index (χ1n) is 6.10. The lowest BCUT2D eigenvalue weighted by molar-refractivity contribution is 0.282. The highest BCUT2D eigenvalue weighted by Gasteiger charge is 2.19. The van der Waals surface area contributed by atoms with Crippen LogP contribution in [-0.2, 0) is 16.6 Å². The summed E-state index contributed by atoms with van der Waals surface area (Å²) in [7, 11) is -3.49. The third-order valence-corrected chi connectivity index (χ3v) is 6.48. The maximum Gasteiger partial charge on any atom is 0.241 e. The molecule has 1 fully saturated rings. The van der Waals surface area contributed by atoms with Crippen molar-refractivity contribution in [3.8, 4) is 0 Å². The van der Waals surface area contributed by atoms with Crippen LogP contribution in [0.2, 0.25) is 0 Å². The van der Waals surface area contributed by atoms with Crippen molar-refractivity contribution in [3.63, 3.8) is 0 Å². The van der Waals surface area contributed by atoms with Gasteiger partial charge in [0.25, 0.3) is 0 Å². The molecule has 1 aliphatic heterocycles. The van der Waals surface area contributed by atoms with Crippen molar-refractivity contribution in [3.05, 3.63) is 16.3 Å². The molecule has 0 aromatic carbocycles. The van der Waals surface area contributed by atoms with E-state index in [1.165, 1.54) is 17.4 Å². The summed E-state index contributed by atoms with van der Waals surface area (Å²) in [5.41, 5.74) is 0. The van der Waals surface area contributed by atoms with Crippen molar-refractivity contribution in [2.45, 2.75) is 11.5 Å². The Morgan fingerprint density at radius 2 is 2.11 bits per heavy atom. The number of thioether (sulfide) groups is 1. The van der Waals surface area contributed by atoms with E-state index in [2.05, 4.69) is 9.62 Å². The SMILES string of the molecule is O=S(=O)(NCCN1CCSCC1)c1ccsc1CO. The summed E-state index contributed by atoms with van der Waals surface area (Å²) >= 11 is 3.19. The summed E-state index contributed by atoms with van der Waals surface area (Å²) < 4.78 is 26.8. The Labute approximate surface area is 122 Å². The van der Waals surface area contributed by atoms with E-state index in [1.54, 1.807) is 5.38 Å². The quantitative estimate of drug-likeness (QED) is 0.801. The van der Waals surface area contributed by atoms with Gasteiger partial charge < -0.3 is 10.0 Å². The van der Waals surface area contributed by atoms with Crippen LogP contribution in [0.3, 0.4) is 0 Å². The molecule has 0 bridgehead atoms. The fourth-order valence-corrected chi connectivity index (χ4v) is 5.22. The molecule has 0 aliphatic carbocycles. The van der Waals surface area contributed by atoms with Gasteiger partial charge >= 0.3 is 0 Å². The fraction of sp³-hybridized carbons (Fsp3) is 0.636. The summed E-state index contributed by atoms with van der Waals surface area (Å²) in [4.78, 5) is 2.95. The number of aliphatic hydroxyl groups is 1. The second kappa shape index (κ2) is 7.05. The van der Waals surface area contributed by atoms with Gasteiger partial charge in [-0.25, -0.2) is 13.1 Å².